The van der Waals surface area contributed by atoms with Crippen molar-refractivity contribution in [1.82, 2.24) is 10.2 Å². The second-order valence-corrected chi connectivity index (χ2v) is 10.2. The van der Waals surface area contributed by atoms with Gasteiger partial charge in [0.25, 0.3) is 0 Å². The van der Waals surface area contributed by atoms with Gasteiger partial charge in [-0.2, -0.15) is 0 Å². The van der Waals surface area contributed by atoms with Crippen LogP contribution in [0.25, 0.3) is 11.1 Å². The van der Waals surface area contributed by atoms with E-state index in [0.717, 1.165) is 55.0 Å². The molecule has 3 aliphatic heterocycles. The van der Waals surface area contributed by atoms with Gasteiger partial charge in [0, 0.05) is 11.6 Å². The fourth-order valence-electron chi connectivity index (χ4n) is 5.51. The first kappa shape index (κ1) is 19.9. The molecule has 0 saturated carbocycles. The van der Waals surface area contributed by atoms with Gasteiger partial charge in [-0.25, -0.2) is 4.79 Å². The van der Waals surface area contributed by atoms with E-state index in [9.17, 15) is 4.79 Å². The van der Waals surface area contributed by atoms with Crippen LogP contribution in [0.15, 0.2) is 42.5 Å². The highest BCUT2D eigenvalue weighted by atomic mass is 35.5. The zero-order chi connectivity index (χ0) is 20.9. The van der Waals surface area contributed by atoms with Crippen molar-refractivity contribution in [2.24, 2.45) is 11.3 Å². The van der Waals surface area contributed by atoms with Crippen LogP contribution in [0.3, 0.4) is 0 Å². The minimum Gasteiger partial charge on any atom is -0.445 e. The van der Waals surface area contributed by atoms with Crippen LogP contribution in [0.1, 0.15) is 43.9 Å². The zero-order valence-electron chi connectivity index (χ0n) is 17.7. The Kier molecular flexibility index (Phi) is 5.03. The molecule has 4 aliphatic rings. The normalized spacial score (nSPS) is 28.8. The molecule has 0 aromatic heterocycles. The average molecular weight is 425 g/mol. The van der Waals surface area contributed by atoms with Crippen molar-refractivity contribution in [1.29, 1.82) is 0 Å². The maximum absolute atomic E-state index is 12.8. The van der Waals surface area contributed by atoms with Gasteiger partial charge in [-0.15, -0.1) is 0 Å². The van der Waals surface area contributed by atoms with Crippen LogP contribution in [0, 0.1) is 11.3 Å². The summed E-state index contributed by atoms with van der Waals surface area (Å²) in [6.45, 7) is 7.59. The highest BCUT2D eigenvalue weighted by Crippen LogP contribution is 2.46. The van der Waals surface area contributed by atoms with E-state index in [1.54, 1.807) is 0 Å². The van der Waals surface area contributed by atoms with Crippen molar-refractivity contribution < 1.29 is 9.53 Å². The molecule has 2 aromatic carbocycles. The molecule has 3 saturated heterocycles. The number of fused-ring (bicyclic) bond motifs is 4. The molecular weight excluding hydrogens is 396 g/mol. The molecule has 0 spiro atoms. The minimum atomic E-state index is -0.279. The molecule has 4 nitrogen and oxygen atoms in total. The maximum atomic E-state index is 12.8. The number of nitrogens with zero attached hydrogens (tertiary/aromatic N) is 1. The van der Waals surface area contributed by atoms with E-state index in [1.807, 2.05) is 18.2 Å². The van der Waals surface area contributed by atoms with Gasteiger partial charge in [-0.3, -0.25) is 4.90 Å². The first-order chi connectivity index (χ1) is 14.4. The van der Waals surface area contributed by atoms with Gasteiger partial charge in [0.05, 0.1) is 6.04 Å². The van der Waals surface area contributed by atoms with Crippen LogP contribution in [-0.4, -0.2) is 36.7 Å². The Morgan fingerprint density at radius 1 is 1.13 bits per heavy atom. The summed E-state index contributed by atoms with van der Waals surface area (Å²) in [5.74, 6) is 0.518. The summed E-state index contributed by atoms with van der Waals surface area (Å²) in [4.78, 5) is 15.2. The Morgan fingerprint density at radius 3 is 2.60 bits per heavy atom. The lowest BCUT2D eigenvalue weighted by Crippen LogP contribution is -2.53. The topological polar surface area (TPSA) is 41.6 Å². The van der Waals surface area contributed by atoms with E-state index in [1.165, 1.54) is 11.1 Å². The Morgan fingerprint density at radius 2 is 1.90 bits per heavy atom. The Labute approximate surface area is 183 Å². The fourth-order valence-corrected chi connectivity index (χ4v) is 5.70. The molecule has 3 heterocycles. The van der Waals surface area contributed by atoms with Crippen molar-refractivity contribution in [2.45, 2.75) is 45.3 Å². The largest absolute Gasteiger partial charge is 0.445 e. The summed E-state index contributed by atoms with van der Waals surface area (Å²) in [6, 6.07) is 14.4. The molecular formula is C25H29ClN2O2. The number of halogens is 1. The molecule has 1 aliphatic carbocycles. The van der Waals surface area contributed by atoms with Crippen LogP contribution < -0.4 is 5.32 Å². The highest BCUT2D eigenvalue weighted by Gasteiger charge is 2.42. The predicted octanol–water partition coefficient (Wildman–Crippen LogP) is 5.45. The van der Waals surface area contributed by atoms with Crippen LogP contribution >= 0.6 is 11.6 Å². The van der Waals surface area contributed by atoms with Crippen LogP contribution in [-0.2, 0) is 11.2 Å². The van der Waals surface area contributed by atoms with Crippen LogP contribution in [0.4, 0.5) is 4.79 Å². The molecule has 2 bridgehead atoms. The number of carbonyl (C=O) groups excluding carboxylic acids is 1. The molecule has 0 radical (unpaired) electrons. The van der Waals surface area contributed by atoms with E-state index < -0.39 is 0 Å². The molecule has 3 fully saturated rings. The van der Waals surface area contributed by atoms with E-state index in [-0.39, 0.29) is 23.7 Å². The van der Waals surface area contributed by atoms with Gasteiger partial charge >= 0.3 is 6.09 Å². The number of benzene rings is 2. The smallest absolute Gasteiger partial charge is 0.407 e. The number of amides is 1. The summed E-state index contributed by atoms with van der Waals surface area (Å²) in [5.41, 5.74) is 4.68. The number of hydrogen-bond acceptors (Lipinski definition) is 3. The number of hydrogen-bond donors (Lipinski definition) is 1. The van der Waals surface area contributed by atoms with Gasteiger partial charge in [0.1, 0.15) is 6.10 Å². The maximum Gasteiger partial charge on any atom is 0.407 e. The Bertz CT molecular complexity index is 965. The lowest BCUT2D eigenvalue weighted by atomic mass is 9.85. The number of rotatable bonds is 3. The molecule has 1 amide bonds. The summed E-state index contributed by atoms with van der Waals surface area (Å²) in [6.07, 6.45) is 2.95. The first-order valence-electron chi connectivity index (χ1n) is 11.0. The Balaban J connectivity index is 1.33. The predicted molar refractivity (Wildman–Crippen MR) is 120 cm³/mol. The van der Waals surface area contributed by atoms with Gasteiger partial charge in [-0.1, -0.05) is 55.8 Å². The minimum absolute atomic E-state index is 0.0293. The molecule has 2 atom stereocenters. The summed E-state index contributed by atoms with van der Waals surface area (Å²) in [7, 11) is 0. The number of piperidine rings is 3. The fraction of sp³-hybridized carbons (Fsp3) is 0.480. The van der Waals surface area contributed by atoms with Gasteiger partial charge in [-0.05, 0) is 78.1 Å². The first-order valence-corrected chi connectivity index (χ1v) is 11.4. The van der Waals surface area contributed by atoms with Gasteiger partial charge in [0.2, 0.25) is 0 Å². The molecule has 1 N–H and O–H groups in total. The molecule has 30 heavy (non-hydrogen) atoms. The molecule has 6 rings (SSSR count). The quantitative estimate of drug-likeness (QED) is 0.712. The standard InChI is InChI=1S/C25H29ClN2O2/c1-25(2)14-19-12-18(17-4-3-5-20(26)13-17)6-7-21(19)23(25)27-24(29)30-22-15-28-10-8-16(22)9-11-28/h3-7,12-13,16,22-23H,8-11,14-15H2,1-2H3,(H,27,29)/t22-,23?/m1/s1. The number of carbonyl (C=O) groups is 1. The average Bonchev–Trinajstić information content (AvgIpc) is 2.97. The number of nitrogens with one attached hydrogen (secondary N) is 1. The summed E-state index contributed by atoms with van der Waals surface area (Å²) < 4.78 is 5.90. The number of ether oxygens (including phenoxy) is 1. The third-order valence-corrected chi connectivity index (χ3v) is 7.39. The zero-order valence-corrected chi connectivity index (χ0v) is 18.4. The van der Waals surface area contributed by atoms with Crippen molar-refractivity contribution >= 4 is 17.7 Å². The number of alkyl carbamates (subject to hydrolysis) is 1. The molecule has 2 aromatic rings. The van der Waals surface area contributed by atoms with Crippen molar-refractivity contribution in [3.63, 3.8) is 0 Å². The molecule has 1 unspecified atom stereocenters. The van der Waals surface area contributed by atoms with E-state index >= 15 is 0 Å². The molecule has 158 valence electrons. The second kappa shape index (κ2) is 7.58. The monoisotopic (exact) mass is 424 g/mol. The summed E-state index contributed by atoms with van der Waals surface area (Å²) in [5, 5.41) is 3.94. The van der Waals surface area contributed by atoms with Gasteiger partial charge in [0.15, 0.2) is 0 Å². The third kappa shape index (κ3) is 3.72. The highest BCUT2D eigenvalue weighted by molar-refractivity contribution is 6.30. The van der Waals surface area contributed by atoms with Gasteiger partial charge < -0.3 is 10.1 Å². The van der Waals surface area contributed by atoms with E-state index in [4.69, 9.17) is 16.3 Å². The van der Waals surface area contributed by atoms with Crippen molar-refractivity contribution in [3.05, 3.63) is 58.6 Å². The van der Waals surface area contributed by atoms with E-state index in [2.05, 4.69) is 48.3 Å². The lowest BCUT2D eigenvalue weighted by molar-refractivity contribution is -0.0348. The third-order valence-electron chi connectivity index (χ3n) is 7.16. The van der Waals surface area contributed by atoms with Crippen molar-refractivity contribution in [2.75, 3.05) is 19.6 Å². The van der Waals surface area contributed by atoms with E-state index in [0.29, 0.717) is 5.92 Å². The molecule has 5 heteroatoms. The lowest BCUT2D eigenvalue weighted by Gasteiger charge is -2.44. The Hall–Kier alpha value is -2.04. The van der Waals surface area contributed by atoms with Crippen molar-refractivity contribution in [3.8, 4) is 11.1 Å². The second-order valence-electron chi connectivity index (χ2n) is 9.75. The summed E-state index contributed by atoms with van der Waals surface area (Å²) >= 11 is 6.18. The SMILES string of the molecule is CC1(C)Cc2cc(-c3cccc(Cl)c3)ccc2C1NC(=O)O[C@@H]1CN2CCC1CC2. The van der Waals surface area contributed by atoms with Crippen LogP contribution in [0.2, 0.25) is 5.02 Å². The van der Waals surface area contributed by atoms with Crippen LogP contribution in [0.5, 0.6) is 0 Å².